The first-order valence-corrected chi connectivity index (χ1v) is 17.1. The Morgan fingerprint density at radius 3 is 2.40 bits per heavy atom. The Kier molecular flexibility index (Phi) is 11.6. The molecular weight excluding hydrogens is 636 g/mol. The van der Waals surface area contributed by atoms with E-state index in [9.17, 15) is 14.4 Å². The van der Waals surface area contributed by atoms with Crippen molar-refractivity contribution in [3.8, 4) is 34.1 Å². The zero-order valence-corrected chi connectivity index (χ0v) is 30.0. The second-order valence-corrected chi connectivity index (χ2v) is 12.7. The van der Waals surface area contributed by atoms with Crippen molar-refractivity contribution < 1.29 is 28.5 Å². The molecule has 1 aliphatic rings. The maximum absolute atomic E-state index is 13.9. The third-order valence-corrected chi connectivity index (χ3v) is 9.59. The van der Waals surface area contributed by atoms with Crippen molar-refractivity contribution >= 4 is 28.4 Å². The fourth-order valence-corrected chi connectivity index (χ4v) is 6.84. The van der Waals surface area contributed by atoms with Crippen LogP contribution in [0.2, 0.25) is 0 Å². The molecule has 0 aliphatic heterocycles. The van der Waals surface area contributed by atoms with Gasteiger partial charge in [0.05, 0.1) is 45.7 Å². The molecule has 0 radical (unpaired) electrons. The molecule has 0 bridgehead atoms. The standard InChI is InChI=1S/C39H48N4O7/c1-8-23(2)36(39(46)40-18-10-19-43-20-17-27-31(43)11-9-12-33(27)47-4)42-30-16-14-26-28(22-32(30)45)29(41-24(3)44)15-13-25-21-34(48-5)37(49-6)38(50-7)35(25)26/h9,11-12,14,16-17,20-23,29,36H,8,10,13,15,18-19H2,1-7H3,(H,40,46)(H,41,44)(H,42,45). The normalized spacial score (nSPS) is 14.7. The zero-order valence-electron chi connectivity index (χ0n) is 30.0. The molecule has 1 aromatic heterocycles. The number of methoxy groups -OCH3 is 4. The van der Waals surface area contributed by atoms with Gasteiger partial charge in [0, 0.05) is 37.2 Å². The summed E-state index contributed by atoms with van der Waals surface area (Å²) in [6.07, 6.45) is 4.62. The first kappa shape index (κ1) is 36.1. The number of hydrogen-bond donors (Lipinski definition) is 3. The third-order valence-electron chi connectivity index (χ3n) is 9.59. The number of amides is 2. The van der Waals surface area contributed by atoms with Gasteiger partial charge in [-0.1, -0.05) is 32.4 Å². The van der Waals surface area contributed by atoms with Crippen molar-refractivity contribution in [1.29, 1.82) is 0 Å². The third kappa shape index (κ3) is 7.36. The van der Waals surface area contributed by atoms with Gasteiger partial charge in [-0.25, -0.2) is 0 Å². The number of fused-ring (bicyclic) bond motifs is 4. The minimum absolute atomic E-state index is 0.0664. The highest BCUT2D eigenvalue weighted by molar-refractivity contribution is 5.87. The van der Waals surface area contributed by atoms with Crippen molar-refractivity contribution in [2.45, 2.75) is 65.1 Å². The largest absolute Gasteiger partial charge is 0.496 e. The predicted molar refractivity (Wildman–Crippen MR) is 196 cm³/mol. The molecule has 266 valence electrons. The molecule has 3 N–H and O–H groups in total. The van der Waals surface area contributed by atoms with Gasteiger partial charge in [-0.3, -0.25) is 14.4 Å². The second kappa shape index (κ2) is 16.0. The van der Waals surface area contributed by atoms with E-state index in [0.717, 1.165) is 52.7 Å². The second-order valence-electron chi connectivity index (χ2n) is 12.7. The van der Waals surface area contributed by atoms with Crippen LogP contribution in [-0.4, -0.2) is 57.4 Å². The molecule has 2 amide bonds. The number of carbonyl (C=O) groups excluding carboxylic acids is 2. The van der Waals surface area contributed by atoms with Gasteiger partial charge in [-0.15, -0.1) is 0 Å². The lowest BCUT2D eigenvalue weighted by Crippen LogP contribution is -2.44. The monoisotopic (exact) mass is 684 g/mol. The van der Waals surface area contributed by atoms with Crippen LogP contribution in [0.15, 0.2) is 59.5 Å². The van der Waals surface area contributed by atoms with E-state index in [1.165, 1.54) is 6.92 Å². The van der Waals surface area contributed by atoms with Crippen LogP contribution >= 0.6 is 0 Å². The van der Waals surface area contributed by atoms with Crippen LogP contribution in [0.25, 0.3) is 22.0 Å². The topological polar surface area (TPSA) is 129 Å². The number of anilines is 1. The van der Waals surface area contributed by atoms with Crippen molar-refractivity contribution in [1.82, 2.24) is 15.2 Å². The number of nitrogens with one attached hydrogen (secondary N) is 3. The van der Waals surface area contributed by atoms with Crippen LogP contribution in [0.5, 0.6) is 23.0 Å². The summed E-state index contributed by atoms with van der Waals surface area (Å²) in [6.45, 7) is 6.67. The SMILES string of the molecule is CCC(C)C(Nc1ccc2c(cc1=O)C(NC(C)=O)CCc1cc(OC)c(OC)c(OC)c1-2)C(=O)NCCCn1ccc2c(OC)cccc21. The zero-order chi connectivity index (χ0) is 35.9. The van der Waals surface area contributed by atoms with E-state index in [2.05, 4.69) is 26.6 Å². The Hall–Kier alpha value is -5.19. The molecule has 1 heterocycles. The lowest BCUT2D eigenvalue weighted by atomic mass is 9.95. The van der Waals surface area contributed by atoms with Crippen LogP contribution in [-0.2, 0) is 22.6 Å². The highest BCUT2D eigenvalue weighted by atomic mass is 16.5. The number of ether oxygens (including phenoxy) is 4. The summed E-state index contributed by atoms with van der Waals surface area (Å²) < 4.78 is 24.9. The summed E-state index contributed by atoms with van der Waals surface area (Å²) in [5.74, 6) is 1.82. The lowest BCUT2D eigenvalue weighted by molar-refractivity contribution is -0.123. The van der Waals surface area contributed by atoms with Crippen molar-refractivity contribution in [2.75, 3.05) is 40.3 Å². The molecule has 1 aliphatic carbocycles. The van der Waals surface area contributed by atoms with Crippen molar-refractivity contribution in [2.24, 2.45) is 5.92 Å². The average molecular weight is 685 g/mol. The van der Waals surface area contributed by atoms with Gasteiger partial charge >= 0.3 is 0 Å². The van der Waals surface area contributed by atoms with Gasteiger partial charge < -0.3 is 39.5 Å². The average Bonchev–Trinajstić information content (AvgIpc) is 3.40. The molecule has 11 nitrogen and oxygen atoms in total. The van der Waals surface area contributed by atoms with Crippen molar-refractivity contribution in [3.05, 3.63) is 76.1 Å². The molecule has 0 spiro atoms. The molecule has 3 atom stereocenters. The number of nitrogens with zero attached hydrogens (tertiary/aromatic N) is 1. The summed E-state index contributed by atoms with van der Waals surface area (Å²) in [5, 5.41) is 10.5. The summed E-state index contributed by atoms with van der Waals surface area (Å²) >= 11 is 0. The van der Waals surface area contributed by atoms with Gasteiger partial charge in [0.2, 0.25) is 23.0 Å². The van der Waals surface area contributed by atoms with E-state index in [1.807, 2.05) is 50.4 Å². The Morgan fingerprint density at radius 2 is 1.72 bits per heavy atom. The van der Waals surface area contributed by atoms with Crippen LogP contribution in [0.4, 0.5) is 5.69 Å². The molecule has 50 heavy (non-hydrogen) atoms. The lowest BCUT2D eigenvalue weighted by Gasteiger charge is -2.24. The molecule has 11 heteroatoms. The maximum Gasteiger partial charge on any atom is 0.242 e. The number of benzene rings is 2. The quantitative estimate of drug-likeness (QED) is 0.141. The first-order valence-electron chi connectivity index (χ1n) is 17.1. The number of rotatable bonds is 14. The smallest absolute Gasteiger partial charge is 0.242 e. The van der Waals surface area contributed by atoms with E-state index >= 15 is 0 Å². The minimum atomic E-state index is -0.649. The molecule has 4 aromatic rings. The Labute approximate surface area is 293 Å². The molecule has 0 saturated heterocycles. The van der Waals surface area contributed by atoms with Gasteiger partial charge in [0.15, 0.2) is 11.5 Å². The van der Waals surface area contributed by atoms with Gasteiger partial charge in [-0.05, 0) is 78.3 Å². The van der Waals surface area contributed by atoms with Crippen LogP contribution in [0.3, 0.4) is 0 Å². The van der Waals surface area contributed by atoms with Gasteiger partial charge in [-0.2, -0.15) is 0 Å². The highest BCUT2D eigenvalue weighted by Crippen LogP contribution is 2.50. The number of hydrogen-bond acceptors (Lipinski definition) is 8. The number of carbonyl (C=O) groups is 2. The first-order chi connectivity index (χ1) is 24.1. The van der Waals surface area contributed by atoms with Gasteiger partial charge in [0.1, 0.15) is 11.8 Å². The van der Waals surface area contributed by atoms with E-state index < -0.39 is 12.1 Å². The predicted octanol–water partition coefficient (Wildman–Crippen LogP) is 5.86. The van der Waals surface area contributed by atoms with Crippen LogP contribution in [0.1, 0.15) is 57.2 Å². The Morgan fingerprint density at radius 1 is 0.960 bits per heavy atom. The summed E-state index contributed by atoms with van der Waals surface area (Å²) in [4.78, 5) is 39.9. The molecule has 5 rings (SSSR count). The molecule has 3 aromatic carbocycles. The number of aryl methyl sites for hydroxylation is 2. The van der Waals surface area contributed by atoms with E-state index in [1.54, 1.807) is 40.6 Å². The van der Waals surface area contributed by atoms with Crippen LogP contribution in [0, 0.1) is 5.92 Å². The molecule has 0 saturated carbocycles. The maximum atomic E-state index is 13.9. The Balaban J connectivity index is 1.43. The summed E-state index contributed by atoms with van der Waals surface area (Å²) in [6, 6.07) is 14.0. The molecule has 0 fully saturated rings. The fourth-order valence-electron chi connectivity index (χ4n) is 6.84. The fraction of sp³-hybridized carbons (Fsp3) is 0.410. The minimum Gasteiger partial charge on any atom is -0.496 e. The number of aromatic nitrogens is 1. The van der Waals surface area contributed by atoms with E-state index in [0.29, 0.717) is 42.2 Å². The van der Waals surface area contributed by atoms with Gasteiger partial charge in [0.25, 0.3) is 0 Å². The van der Waals surface area contributed by atoms with E-state index in [-0.39, 0.29) is 28.8 Å². The molecule has 3 unspecified atom stereocenters. The summed E-state index contributed by atoms with van der Waals surface area (Å²) in [7, 11) is 6.35. The van der Waals surface area contributed by atoms with Crippen molar-refractivity contribution in [3.63, 3.8) is 0 Å². The van der Waals surface area contributed by atoms with E-state index in [4.69, 9.17) is 18.9 Å². The highest BCUT2D eigenvalue weighted by Gasteiger charge is 2.30. The Bertz CT molecular complexity index is 1920. The molecular formula is C39H48N4O7. The van der Waals surface area contributed by atoms with Crippen LogP contribution < -0.4 is 40.3 Å². The summed E-state index contributed by atoms with van der Waals surface area (Å²) in [5.41, 5.74) is 4.15.